The predicted molar refractivity (Wildman–Crippen MR) is 73.5 cm³/mol. The van der Waals surface area contributed by atoms with E-state index in [0.717, 1.165) is 18.4 Å². The topological polar surface area (TPSA) is 40.5 Å². The van der Waals surface area contributed by atoms with Crippen LogP contribution in [0.2, 0.25) is 0 Å². The number of amides is 1. The van der Waals surface area contributed by atoms with Crippen molar-refractivity contribution < 1.29 is 9.90 Å². The van der Waals surface area contributed by atoms with E-state index in [2.05, 4.69) is 13.8 Å². The van der Waals surface area contributed by atoms with Crippen molar-refractivity contribution in [3.8, 4) is 0 Å². The van der Waals surface area contributed by atoms with E-state index in [0.29, 0.717) is 17.4 Å². The van der Waals surface area contributed by atoms with Gasteiger partial charge in [-0.1, -0.05) is 44.9 Å². The van der Waals surface area contributed by atoms with Gasteiger partial charge in [-0.05, 0) is 24.3 Å². The molecule has 0 aromatic heterocycles. The molecular formula is C16H21NO2. The average Bonchev–Trinajstić information content (AvgIpc) is 2.67. The van der Waals surface area contributed by atoms with E-state index in [-0.39, 0.29) is 11.9 Å². The molecule has 0 saturated heterocycles. The van der Waals surface area contributed by atoms with Gasteiger partial charge in [-0.25, -0.2) is 0 Å². The largest absolute Gasteiger partial charge is 0.369 e. The van der Waals surface area contributed by atoms with Crippen LogP contribution < -0.4 is 0 Å². The van der Waals surface area contributed by atoms with Crippen LogP contribution in [0.5, 0.6) is 0 Å². The van der Waals surface area contributed by atoms with Crippen molar-refractivity contribution in [3.05, 3.63) is 35.4 Å². The lowest BCUT2D eigenvalue weighted by Crippen LogP contribution is -2.46. The Balaban J connectivity index is 1.93. The molecule has 4 atom stereocenters. The third kappa shape index (κ3) is 1.88. The summed E-state index contributed by atoms with van der Waals surface area (Å²) in [5.41, 5.74) is 1.43. The van der Waals surface area contributed by atoms with Crippen molar-refractivity contribution in [2.75, 3.05) is 0 Å². The number of aliphatic hydroxyl groups excluding tert-OH is 1. The predicted octanol–water partition coefficient (Wildman–Crippen LogP) is 2.96. The minimum absolute atomic E-state index is 0.00551. The zero-order valence-corrected chi connectivity index (χ0v) is 11.5. The van der Waals surface area contributed by atoms with Gasteiger partial charge in [-0.15, -0.1) is 0 Å². The van der Waals surface area contributed by atoms with Crippen LogP contribution in [-0.4, -0.2) is 22.0 Å². The molecule has 0 spiro atoms. The second kappa shape index (κ2) is 4.64. The Morgan fingerprint density at radius 1 is 1.21 bits per heavy atom. The van der Waals surface area contributed by atoms with Gasteiger partial charge in [0.25, 0.3) is 5.91 Å². The number of benzene rings is 1. The number of carbonyl (C=O) groups excluding carboxylic acids is 1. The fourth-order valence-corrected chi connectivity index (χ4v) is 3.60. The fourth-order valence-electron chi connectivity index (χ4n) is 3.60. The summed E-state index contributed by atoms with van der Waals surface area (Å²) in [7, 11) is 0. The van der Waals surface area contributed by atoms with Crippen molar-refractivity contribution in [2.45, 2.75) is 45.4 Å². The SMILES string of the molecule is C[C@@H]1[C@H](C)CCC[C@@H]1N1C(=O)c2ccccc2[C@@H]1O. The summed E-state index contributed by atoms with van der Waals surface area (Å²) in [6.45, 7) is 4.45. The standard InChI is InChI=1S/C16H21NO2/c1-10-6-5-9-14(11(10)2)17-15(18)12-7-3-4-8-13(12)16(17)19/h3-4,7-8,10-11,14-15,18H,5-6,9H2,1-2H3/t10-,11-,14+,15+/m1/s1. The lowest BCUT2D eigenvalue weighted by atomic mass is 9.77. The lowest BCUT2D eigenvalue weighted by Gasteiger charge is -2.41. The molecule has 2 aliphatic rings. The summed E-state index contributed by atoms with van der Waals surface area (Å²) in [6.07, 6.45) is 2.61. The summed E-state index contributed by atoms with van der Waals surface area (Å²) in [4.78, 5) is 14.2. The molecule has 1 aromatic carbocycles. The van der Waals surface area contributed by atoms with Gasteiger partial charge in [-0.3, -0.25) is 4.79 Å². The Hall–Kier alpha value is -1.35. The fraction of sp³-hybridized carbons (Fsp3) is 0.562. The monoisotopic (exact) mass is 259 g/mol. The second-order valence-electron chi connectivity index (χ2n) is 6.01. The number of fused-ring (bicyclic) bond motifs is 1. The maximum Gasteiger partial charge on any atom is 0.256 e. The lowest BCUT2D eigenvalue weighted by molar-refractivity contribution is -0.0305. The van der Waals surface area contributed by atoms with Crippen LogP contribution in [0.15, 0.2) is 24.3 Å². The molecule has 1 fully saturated rings. The van der Waals surface area contributed by atoms with Crippen LogP contribution in [0.1, 0.15) is 55.3 Å². The molecule has 102 valence electrons. The van der Waals surface area contributed by atoms with Crippen LogP contribution >= 0.6 is 0 Å². The molecule has 19 heavy (non-hydrogen) atoms. The van der Waals surface area contributed by atoms with Gasteiger partial charge >= 0.3 is 0 Å². The van der Waals surface area contributed by atoms with Gasteiger partial charge in [0.1, 0.15) is 0 Å². The number of aliphatic hydroxyl groups is 1. The van der Waals surface area contributed by atoms with E-state index in [1.165, 1.54) is 6.42 Å². The minimum atomic E-state index is -0.763. The van der Waals surface area contributed by atoms with E-state index < -0.39 is 6.23 Å². The van der Waals surface area contributed by atoms with Gasteiger partial charge in [0.15, 0.2) is 6.23 Å². The zero-order valence-electron chi connectivity index (χ0n) is 11.5. The van der Waals surface area contributed by atoms with E-state index in [4.69, 9.17) is 0 Å². The van der Waals surface area contributed by atoms with E-state index >= 15 is 0 Å². The van der Waals surface area contributed by atoms with Crippen LogP contribution in [0, 0.1) is 11.8 Å². The quantitative estimate of drug-likeness (QED) is 0.842. The number of rotatable bonds is 1. The molecule has 1 amide bonds. The number of hydrogen-bond acceptors (Lipinski definition) is 2. The first-order valence-electron chi connectivity index (χ1n) is 7.21. The van der Waals surface area contributed by atoms with Gasteiger partial charge < -0.3 is 10.0 Å². The molecule has 1 aliphatic carbocycles. The van der Waals surface area contributed by atoms with Crippen LogP contribution in [-0.2, 0) is 0 Å². The van der Waals surface area contributed by atoms with Crippen LogP contribution in [0.25, 0.3) is 0 Å². The molecule has 3 heteroatoms. The van der Waals surface area contributed by atoms with Crippen molar-refractivity contribution >= 4 is 5.91 Å². The van der Waals surface area contributed by atoms with Crippen molar-refractivity contribution in [3.63, 3.8) is 0 Å². The molecule has 3 rings (SSSR count). The highest BCUT2D eigenvalue weighted by molar-refractivity contribution is 5.99. The van der Waals surface area contributed by atoms with Crippen molar-refractivity contribution in [1.82, 2.24) is 4.90 Å². The second-order valence-corrected chi connectivity index (χ2v) is 6.01. The average molecular weight is 259 g/mol. The highest BCUT2D eigenvalue weighted by Gasteiger charge is 2.43. The molecule has 0 bridgehead atoms. The Morgan fingerprint density at radius 2 is 1.95 bits per heavy atom. The third-order valence-corrected chi connectivity index (χ3v) is 4.99. The Bertz CT molecular complexity index is 499. The van der Waals surface area contributed by atoms with Gasteiger partial charge in [-0.2, -0.15) is 0 Å². The van der Waals surface area contributed by atoms with Crippen molar-refractivity contribution in [1.29, 1.82) is 0 Å². The van der Waals surface area contributed by atoms with Gasteiger partial charge in [0, 0.05) is 17.2 Å². The molecule has 1 saturated carbocycles. The smallest absolute Gasteiger partial charge is 0.256 e. The summed E-state index contributed by atoms with van der Waals surface area (Å²) in [6, 6.07) is 7.58. The summed E-state index contributed by atoms with van der Waals surface area (Å²) in [5.74, 6) is 1.05. The molecular weight excluding hydrogens is 238 g/mol. The highest BCUT2D eigenvalue weighted by atomic mass is 16.3. The maximum absolute atomic E-state index is 12.5. The maximum atomic E-state index is 12.5. The summed E-state index contributed by atoms with van der Waals surface area (Å²) >= 11 is 0. The number of nitrogens with zero attached hydrogens (tertiary/aromatic N) is 1. The zero-order chi connectivity index (χ0) is 13.6. The summed E-state index contributed by atoms with van der Waals surface area (Å²) in [5, 5.41) is 10.5. The number of carbonyl (C=O) groups is 1. The molecule has 1 aliphatic heterocycles. The minimum Gasteiger partial charge on any atom is -0.369 e. The van der Waals surface area contributed by atoms with E-state index in [1.807, 2.05) is 24.3 Å². The van der Waals surface area contributed by atoms with Gasteiger partial charge in [0.05, 0.1) is 0 Å². The molecule has 3 nitrogen and oxygen atoms in total. The van der Waals surface area contributed by atoms with Crippen molar-refractivity contribution in [2.24, 2.45) is 11.8 Å². The third-order valence-electron chi connectivity index (χ3n) is 4.99. The van der Waals surface area contributed by atoms with E-state index in [9.17, 15) is 9.90 Å². The molecule has 1 heterocycles. The molecule has 1 aromatic rings. The Labute approximate surface area is 114 Å². The Kier molecular flexibility index (Phi) is 3.09. The summed E-state index contributed by atoms with van der Waals surface area (Å²) < 4.78 is 0. The molecule has 0 unspecified atom stereocenters. The highest BCUT2D eigenvalue weighted by Crippen LogP contribution is 2.40. The molecule has 1 N–H and O–H groups in total. The first-order chi connectivity index (χ1) is 9.11. The first kappa shape index (κ1) is 12.7. The molecule has 0 radical (unpaired) electrons. The number of hydrogen-bond donors (Lipinski definition) is 1. The first-order valence-corrected chi connectivity index (χ1v) is 7.21. The van der Waals surface area contributed by atoms with Gasteiger partial charge in [0.2, 0.25) is 0 Å². The Morgan fingerprint density at radius 3 is 2.68 bits per heavy atom. The van der Waals surface area contributed by atoms with Crippen LogP contribution in [0.4, 0.5) is 0 Å². The van der Waals surface area contributed by atoms with Crippen LogP contribution in [0.3, 0.4) is 0 Å². The normalized spacial score (nSPS) is 34.5. The van der Waals surface area contributed by atoms with E-state index in [1.54, 1.807) is 4.90 Å².